The summed E-state index contributed by atoms with van der Waals surface area (Å²) in [5, 5.41) is 0. The third-order valence-electron chi connectivity index (χ3n) is 2.25. The van der Waals surface area contributed by atoms with Gasteiger partial charge < -0.3 is 4.74 Å². The van der Waals surface area contributed by atoms with E-state index in [9.17, 15) is 0 Å². The van der Waals surface area contributed by atoms with Gasteiger partial charge in [-0.15, -0.1) is 0 Å². The monoisotopic (exact) mass is 211 g/mol. The van der Waals surface area contributed by atoms with Crippen LogP contribution in [-0.4, -0.2) is 12.1 Å². The predicted molar refractivity (Wildman–Crippen MR) is 66.2 cm³/mol. The third-order valence-corrected chi connectivity index (χ3v) is 2.25. The summed E-state index contributed by atoms with van der Waals surface area (Å²) in [7, 11) is 1.65. The Hall–Kier alpha value is -2.09. The van der Waals surface area contributed by atoms with E-state index in [0.717, 1.165) is 17.0 Å². The van der Waals surface area contributed by atoms with Gasteiger partial charge in [0.05, 0.1) is 7.11 Å². The number of hydrogen-bond donors (Lipinski definition) is 0. The molecular formula is C14H13NO. The van der Waals surface area contributed by atoms with Crippen molar-refractivity contribution in [1.29, 1.82) is 0 Å². The van der Waals surface area contributed by atoms with Crippen LogP contribution in [0.4, 0.5) is 0 Å². The fourth-order valence-corrected chi connectivity index (χ4v) is 1.44. The van der Waals surface area contributed by atoms with Crippen molar-refractivity contribution >= 4 is 12.2 Å². The van der Waals surface area contributed by atoms with Crippen LogP contribution in [0.1, 0.15) is 11.3 Å². The van der Waals surface area contributed by atoms with Gasteiger partial charge in [0.2, 0.25) is 0 Å². The highest BCUT2D eigenvalue weighted by atomic mass is 16.5. The molecule has 80 valence electrons. The second-order valence-corrected chi connectivity index (χ2v) is 3.33. The van der Waals surface area contributed by atoms with Gasteiger partial charge in [0.1, 0.15) is 11.4 Å². The van der Waals surface area contributed by atoms with Crippen LogP contribution in [0.25, 0.3) is 12.2 Å². The molecule has 0 unspecified atom stereocenters. The molecule has 1 heterocycles. The Kier molecular flexibility index (Phi) is 3.34. The quantitative estimate of drug-likeness (QED) is 0.777. The van der Waals surface area contributed by atoms with Crippen LogP contribution < -0.4 is 4.74 Å². The number of hydrogen-bond acceptors (Lipinski definition) is 2. The number of nitrogens with zero attached hydrogens (tertiary/aromatic N) is 1. The normalized spacial score (nSPS) is 10.6. The van der Waals surface area contributed by atoms with Crippen LogP contribution in [-0.2, 0) is 0 Å². The van der Waals surface area contributed by atoms with Crippen molar-refractivity contribution in [2.24, 2.45) is 0 Å². The Morgan fingerprint density at radius 3 is 2.56 bits per heavy atom. The topological polar surface area (TPSA) is 22.1 Å². The van der Waals surface area contributed by atoms with Gasteiger partial charge in [-0.05, 0) is 23.8 Å². The molecule has 0 saturated heterocycles. The van der Waals surface area contributed by atoms with E-state index in [0.29, 0.717) is 0 Å². The molecule has 0 aliphatic carbocycles. The zero-order valence-corrected chi connectivity index (χ0v) is 9.13. The van der Waals surface area contributed by atoms with E-state index in [1.54, 1.807) is 13.3 Å². The Bertz CT molecular complexity index is 477. The maximum Gasteiger partial charge on any atom is 0.144 e. The Labute approximate surface area is 95.2 Å². The third kappa shape index (κ3) is 2.48. The van der Waals surface area contributed by atoms with Crippen LogP contribution in [0.3, 0.4) is 0 Å². The molecule has 2 rings (SSSR count). The first-order chi connectivity index (χ1) is 7.90. The molecule has 0 aliphatic rings. The molecule has 2 heteroatoms. The first-order valence-corrected chi connectivity index (χ1v) is 5.12. The fourth-order valence-electron chi connectivity index (χ4n) is 1.44. The van der Waals surface area contributed by atoms with E-state index >= 15 is 0 Å². The van der Waals surface area contributed by atoms with E-state index in [1.807, 2.05) is 54.6 Å². The predicted octanol–water partition coefficient (Wildman–Crippen LogP) is 3.26. The summed E-state index contributed by atoms with van der Waals surface area (Å²) in [5.74, 6) is 0.787. The number of pyridine rings is 1. The zero-order valence-electron chi connectivity index (χ0n) is 9.13. The fraction of sp³-hybridized carbons (Fsp3) is 0.0714. The van der Waals surface area contributed by atoms with Crippen LogP contribution in [0.2, 0.25) is 0 Å². The van der Waals surface area contributed by atoms with E-state index in [-0.39, 0.29) is 0 Å². The van der Waals surface area contributed by atoms with Crippen molar-refractivity contribution in [1.82, 2.24) is 4.98 Å². The van der Waals surface area contributed by atoms with Crippen LogP contribution >= 0.6 is 0 Å². The first-order valence-electron chi connectivity index (χ1n) is 5.12. The van der Waals surface area contributed by atoms with Gasteiger partial charge in [-0.2, -0.15) is 0 Å². The lowest BCUT2D eigenvalue weighted by Crippen LogP contribution is -1.88. The molecule has 16 heavy (non-hydrogen) atoms. The lowest BCUT2D eigenvalue weighted by Gasteiger charge is -2.02. The molecule has 0 bridgehead atoms. The minimum atomic E-state index is 0.787. The van der Waals surface area contributed by atoms with Crippen molar-refractivity contribution in [2.45, 2.75) is 0 Å². The number of ether oxygens (including phenoxy) is 1. The summed E-state index contributed by atoms with van der Waals surface area (Å²) < 4.78 is 5.22. The van der Waals surface area contributed by atoms with Gasteiger partial charge in [0.25, 0.3) is 0 Å². The number of benzene rings is 1. The molecule has 2 nitrogen and oxygen atoms in total. The second-order valence-electron chi connectivity index (χ2n) is 3.33. The van der Waals surface area contributed by atoms with Crippen molar-refractivity contribution in [3.05, 3.63) is 59.9 Å². The van der Waals surface area contributed by atoms with E-state index < -0.39 is 0 Å². The summed E-state index contributed by atoms with van der Waals surface area (Å²) in [4.78, 5) is 4.25. The number of methoxy groups -OCH3 is 1. The molecule has 0 N–H and O–H groups in total. The van der Waals surface area contributed by atoms with Crippen LogP contribution in [0.15, 0.2) is 48.7 Å². The van der Waals surface area contributed by atoms with E-state index in [1.165, 1.54) is 0 Å². The minimum absolute atomic E-state index is 0.787. The number of aromatic nitrogens is 1. The van der Waals surface area contributed by atoms with Gasteiger partial charge >= 0.3 is 0 Å². The largest absolute Gasteiger partial charge is 0.494 e. The smallest absolute Gasteiger partial charge is 0.144 e. The molecule has 1 aromatic carbocycles. The lowest BCUT2D eigenvalue weighted by atomic mass is 10.2. The average Bonchev–Trinajstić information content (AvgIpc) is 2.38. The van der Waals surface area contributed by atoms with Crippen molar-refractivity contribution < 1.29 is 4.74 Å². The molecular weight excluding hydrogens is 198 g/mol. The summed E-state index contributed by atoms with van der Waals surface area (Å²) in [5.41, 5.74) is 1.99. The Morgan fingerprint density at radius 2 is 1.81 bits per heavy atom. The highest BCUT2D eigenvalue weighted by molar-refractivity contribution is 5.70. The average molecular weight is 211 g/mol. The summed E-state index contributed by atoms with van der Waals surface area (Å²) in [6, 6.07) is 13.9. The standard InChI is InChI=1S/C14H13NO/c1-16-14-8-5-11-15-13(14)10-9-12-6-3-2-4-7-12/h2-11H,1H3/b10-9+. The number of rotatable bonds is 3. The van der Waals surface area contributed by atoms with Gasteiger partial charge in [-0.25, -0.2) is 0 Å². The molecule has 0 amide bonds. The summed E-state index contributed by atoms with van der Waals surface area (Å²) in [6.07, 6.45) is 5.73. The molecule has 0 spiro atoms. The van der Waals surface area contributed by atoms with Gasteiger partial charge in [0.15, 0.2) is 0 Å². The Morgan fingerprint density at radius 1 is 1.00 bits per heavy atom. The highest BCUT2D eigenvalue weighted by Gasteiger charge is 1.97. The zero-order chi connectivity index (χ0) is 11.2. The van der Waals surface area contributed by atoms with E-state index in [2.05, 4.69) is 4.98 Å². The van der Waals surface area contributed by atoms with Crippen molar-refractivity contribution in [3.63, 3.8) is 0 Å². The minimum Gasteiger partial charge on any atom is -0.494 e. The van der Waals surface area contributed by atoms with E-state index in [4.69, 9.17) is 4.74 Å². The second kappa shape index (κ2) is 5.12. The molecule has 0 aliphatic heterocycles. The molecule has 0 atom stereocenters. The molecule has 2 aromatic rings. The lowest BCUT2D eigenvalue weighted by molar-refractivity contribution is 0.412. The van der Waals surface area contributed by atoms with Gasteiger partial charge in [0, 0.05) is 6.20 Å². The van der Waals surface area contributed by atoms with Gasteiger partial charge in [-0.3, -0.25) is 4.98 Å². The van der Waals surface area contributed by atoms with Crippen molar-refractivity contribution in [3.8, 4) is 5.75 Å². The maximum atomic E-state index is 5.22. The summed E-state index contributed by atoms with van der Waals surface area (Å²) >= 11 is 0. The van der Waals surface area contributed by atoms with Crippen LogP contribution in [0.5, 0.6) is 5.75 Å². The van der Waals surface area contributed by atoms with Crippen molar-refractivity contribution in [2.75, 3.05) is 7.11 Å². The van der Waals surface area contributed by atoms with Crippen LogP contribution in [0, 0.1) is 0 Å². The maximum absolute atomic E-state index is 5.22. The molecule has 0 saturated carbocycles. The van der Waals surface area contributed by atoms with Gasteiger partial charge in [-0.1, -0.05) is 36.4 Å². The SMILES string of the molecule is COc1cccnc1/C=C/c1ccccc1. The molecule has 0 radical (unpaired) electrons. The molecule has 0 fully saturated rings. The highest BCUT2D eigenvalue weighted by Crippen LogP contribution is 2.17. The first kappa shape index (κ1) is 10.4. The molecule has 1 aromatic heterocycles. The Balaban J connectivity index is 2.24. The summed E-state index contributed by atoms with van der Waals surface area (Å²) in [6.45, 7) is 0.